The van der Waals surface area contributed by atoms with Crippen LogP contribution in [0.1, 0.15) is 110 Å². The molecule has 0 aromatic rings. The molecule has 0 aliphatic heterocycles. The molecule has 0 aliphatic rings. The minimum Gasteiger partial charge on any atom is -0.0882 e. The number of unbranched alkanes of at least 4 members (excludes halogenated alkanes) is 13. The van der Waals surface area contributed by atoms with Gasteiger partial charge in [0.1, 0.15) is 0 Å². The van der Waals surface area contributed by atoms with E-state index < -0.39 is 0 Å². The average molecular weight is 306 g/mol. The van der Waals surface area contributed by atoms with Crippen molar-refractivity contribution in [3.8, 4) is 0 Å². The molecular formula is C22H41. The molecule has 0 atom stereocenters. The van der Waals surface area contributed by atoms with Gasteiger partial charge in [0.15, 0.2) is 0 Å². The minimum absolute atomic E-state index is 1.11. The highest BCUT2D eigenvalue weighted by Gasteiger charge is 1.91. The Labute approximate surface area is 141 Å². The minimum atomic E-state index is 1.11. The highest BCUT2D eigenvalue weighted by Crippen LogP contribution is 2.11. The van der Waals surface area contributed by atoms with Crippen LogP contribution in [0.5, 0.6) is 0 Å². The molecule has 22 heavy (non-hydrogen) atoms. The van der Waals surface area contributed by atoms with E-state index in [1.54, 1.807) is 0 Å². The largest absolute Gasteiger partial charge is 0.0882 e. The lowest BCUT2D eigenvalue weighted by Crippen LogP contribution is -1.81. The molecule has 0 heteroatoms. The van der Waals surface area contributed by atoms with E-state index in [1.807, 2.05) is 0 Å². The topological polar surface area (TPSA) is 0 Å². The Morgan fingerprint density at radius 1 is 0.545 bits per heavy atom. The number of allylic oxidation sites excluding steroid dienone is 4. The van der Waals surface area contributed by atoms with Gasteiger partial charge in [-0.2, -0.15) is 0 Å². The van der Waals surface area contributed by atoms with Crippen molar-refractivity contribution < 1.29 is 0 Å². The van der Waals surface area contributed by atoms with Gasteiger partial charge in [0, 0.05) is 0 Å². The predicted molar refractivity (Wildman–Crippen MR) is 103 cm³/mol. The summed E-state index contributed by atoms with van der Waals surface area (Å²) < 4.78 is 0. The van der Waals surface area contributed by atoms with E-state index in [1.165, 1.54) is 89.9 Å². The molecule has 129 valence electrons. The van der Waals surface area contributed by atoms with Crippen LogP contribution in [0.3, 0.4) is 0 Å². The fourth-order valence-electron chi connectivity index (χ4n) is 2.70. The maximum absolute atomic E-state index is 3.89. The van der Waals surface area contributed by atoms with Crippen LogP contribution in [-0.4, -0.2) is 0 Å². The second kappa shape index (κ2) is 20.5. The molecule has 0 amide bonds. The van der Waals surface area contributed by atoms with E-state index in [0.717, 1.165) is 12.8 Å². The zero-order valence-corrected chi connectivity index (χ0v) is 15.3. The number of rotatable bonds is 17. The van der Waals surface area contributed by atoms with E-state index in [2.05, 4.69) is 38.2 Å². The van der Waals surface area contributed by atoms with Crippen molar-refractivity contribution >= 4 is 0 Å². The summed E-state index contributed by atoms with van der Waals surface area (Å²) in [5, 5.41) is 0. The van der Waals surface area contributed by atoms with E-state index in [0.29, 0.717) is 0 Å². The Balaban J connectivity index is 3.11. The van der Waals surface area contributed by atoms with Crippen molar-refractivity contribution in [3.63, 3.8) is 0 Å². The molecule has 0 spiro atoms. The van der Waals surface area contributed by atoms with Crippen molar-refractivity contribution in [3.05, 3.63) is 31.2 Å². The summed E-state index contributed by atoms with van der Waals surface area (Å²) in [6.45, 7) is 6.15. The molecule has 0 saturated carbocycles. The fraction of sp³-hybridized carbons (Fsp3) is 0.773. The van der Waals surface area contributed by atoms with Crippen LogP contribution in [0, 0.1) is 6.92 Å². The maximum atomic E-state index is 3.89. The fourth-order valence-corrected chi connectivity index (χ4v) is 2.70. The van der Waals surface area contributed by atoms with Gasteiger partial charge < -0.3 is 0 Å². The Morgan fingerprint density at radius 2 is 1.00 bits per heavy atom. The lowest BCUT2D eigenvalue weighted by atomic mass is 10.1. The van der Waals surface area contributed by atoms with Crippen molar-refractivity contribution in [2.45, 2.75) is 110 Å². The standard InChI is InChI=1S/C22H41/c1-3-5-7-9-11-13-15-17-19-21-22-20-18-16-14-12-10-8-6-4-2/h12,14,18,20H,1,3-11,13,15-17,19,21-22H2,2H3/b14-12+,20-18+. The van der Waals surface area contributed by atoms with Crippen molar-refractivity contribution in [1.82, 2.24) is 0 Å². The third-order valence-corrected chi connectivity index (χ3v) is 4.20. The molecule has 0 aromatic heterocycles. The summed E-state index contributed by atoms with van der Waals surface area (Å²) in [6.07, 6.45) is 30.8. The Bertz CT molecular complexity index is 236. The van der Waals surface area contributed by atoms with Crippen LogP contribution in [0.15, 0.2) is 24.3 Å². The van der Waals surface area contributed by atoms with Crippen LogP contribution < -0.4 is 0 Å². The van der Waals surface area contributed by atoms with Crippen LogP contribution in [0.2, 0.25) is 0 Å². The van der Waals surface area contributed by atoms with Gasteiger partial charge in [0.05, 0.1) is 0 Å². The maximum Gasteiger partial charge on any atom is -0.0169 e. The predicted octanol–water partition coefficient (Wildman–Crippen LogP) is 8.19. The van der Waals surface area contributed by atoms with E-state index >= 15 is 0 Å². The molecule has 0 saturated heterocycles. The van der Waals surface area contributed by atoms with Gasteiger partial charge in [-0.1, -0.05) is 109 Å². The summed E-state index contributed by atoms with van der Waals surface area (Å²) in [5.41, 5.74) is 0. The Morgan fingerprint density at radius 3 is 1.50 bits per heavy atom. The number of hydrogen-bond acceptors (Lipinski definition) is 0. The lowest BCUT2D eigenvalue weighted by molar-refractivity contribution is 0.561. The van der Waals surface area contributed by atoms with Crippen LogP contribution >= 0.6 is 0 Å². The van der Waals surface area contributed by atoms with Crippen molar-refractivity contribution in [2.24, 2.45) is 0 Å². The molecule has 0 fully saturated rings. The lowest BCUT2D eigenvalue weighted by Gasteiger charge is -2.01. The van der Waals surface area contributed by atoms with Gasteiger partial charge in [-0.25, -0.2) is 0 Å². The summed E-state index contributed by atoms with van der Waals surface area (Å²) in [4.78, 5) is 0. The monoisotopic (exact) mass is 305 g/mol. The first-order chi connectivity index (χ1) is 10.9. The molecule has 0 nitrogen and oxygen atoms in total. The van der Waals surface area contributed by atoms with Crippen LogP contribution in [-0.2, 0) is 0 Å². The van der Waals surface area contributed by atoms with Gasteiger partial charge in [0.25, 0.3) is 0 Å². The zero-order valence-electron chi connectivity index (χ0n) is 15.3. The van der Waals surface area contributed by atoms with Crippen LogP contribution in [0.25, 0.3) is 0 Å². The highest BCUT2D eigenvalue weighted by atomic mass is 14.0. The van der Waals surface area contributed by atoms with Gasteiger partial charge in [-0.3, -0.25) is 0 Å². The number of hydrogen-bond donors (Lipinski definition) is 0. The molecule has 0 heterocycles. The molecule has 0 N–H and O–H groups in total. The third kappa shape index (κ3) is 19.5. The second-order valence-electron chi connectivity index (χ2n) is 6.50. The first-order valence-corrected chi connectivity index (χ1v) is 10.0. The SMILES string of the molecule is [CH2]CCCCCCCCCCC/C=C/C/C=C/CCCCC. The van der Waals surface area contributed by atoms with Gasteiger partial charge in [-0.15, -0.1) is 0 Å². The van der Waals surface area contributed by atoms with E-state index in [4.69, 9.17) is 0 Å². The molecule has 0 rings (SSSR count). The first-order valence-electron chi connectivity index (χ1n) is 10.0. The molecular weight excluding hydrogens is 264 g/mol. The molecule has 1 radical (unpaired) electrons. The molecule has 0 aliphatic carbocycles. The highest BCUT2D eigenvalue weighted by molar-refractivity contribution is 4.92. The quantitative estimate of drug-likeness (QED) is 0.188. The molecule has 0 bridgehead atoms. The third-order valence-electron chi connectivity index (χ3n) is 4.20. The second-order valence-corrected chi connectivity index (χ2v) is 6.50. The van der Waals surface area contributed by atoms with Crippen molar-refractivity contribution in [1.29, 1.82) is 0 Å². The molecule has 0 aromatic carbocycles. The Kier molecular flexibility index (Phi) is 20.0. The molecule has 0 unspecified atom stereocenters. The zero-order chi connectivity index (χ0) is 16.1. The summed E-state index contributed by atoms with van der Waals surface area (Å²) >= 11 is 0. The summed E-state index contributed by atoms with van der Waals surface area (Å²) in [5.74, 6) is 0. The smallest absolute Gasteiger partial charge is 0.0169 e. The summed E-state index contributed by atoms with van der Waals surface area (Å²) in [6, 6.07) is 0. The Hall–Kier alpha value is -0.520. The normalized spacial score (nSPS) is 11.9. The average Bonchev–Trinajstić information content (AvgIpc) is 2.54. The van der Waals surface area contributed by atoms with Crippen molar-refractivity contribution in [2.75, 3.05) is 0 Å². The summed E-state index contributed by atoms with van der Waals surface area (Å²) in [7, 11) is 0. The first kappa shape index (κ1) is 21.5. The van der Waals surface area contributed by atoms with Crippen LogP contribution in [0.4, 0.5) is 0 Å². The van der Waals surface area contributed by atoms with Gasteiger partial charge in [0.2, 0.25) is 0 Å². The van der Waals surface area contributed by atoms with Gasteiger partial charge in [-0.05, 0) is 32.1 Å². The van der Waals surface area contributed by atoms with E-state index in [-0.39, 0.29) is 0 Å². The van der Waals surface area contributed by atoms with Gasteiger partial charge >= 0.3 is 0 Å². The van der Waals surface area contributed by atoms with E-state index in [9.17, 15) is 0 Å².